The van der Waals surface area contributed by atoms with Crippen molar-refractivity contribution in [1.29, 1.82) is 0 Å². The second-order valence-electron chi connectivity index (χ2n) is 6.27. The number of carbonyl (C=O) groups excluding carboxylic acids is 1. The van der Waals surface area contributed by atoms with Gasteiger partial charge in [-0.2, -0.15) is 5.10 Å². The lowest BCUT2D eigenvalue weighted by Gasteiger charge is -2.28. The second kappa shape index (κ2) is 5.50. The van der Waals surface area contributed by atoms with E-state index in [4.69, 9.17) is 0 Å². The summed E-state index contributed by atoms with van der Waals surface area (Å²) in [6.45, 7) is 8.57. The summed E-state index contributed by atoms with van der Waals surface area (Å²) in [6.07, 6.45) is 0.517. The molecule has 1 aromatic rings. The fraction of sp³-hybridized carbons (Fsp3) is 0.667. The Morgan fingerprint density at radius 2 is 2.10 bits per heavy atom. The number of hydrogen-bond donors (Lipinski definition) is 1. The summed E-state index contributed by atoms with van der Waals surface area (Å²) in [7, 11) is 0. The molecule has 116 valence electrons. The van der Waals surface area contributed by atoms with Crippen LogP contribution in [0, 0.1) is 25.2 Å². The number of aryl methyl sites for hydroxylation is 2. The molecule has 0 bridgehead atoms. The molecule has 1 unspecified atom stereocenters. The molecule has 1 saturated heterocycles. The normalized spacial score (nSPS) is 22.0. The molecule has 2 rings (SSSR count). The van der Waals surface area contributed by atoms with E-state index >= 15 is 0 Å². The Labute approximate surface area is 124 Å². The van der Waals surface area contributed by atoms with Gasteiger partial charge < -0.3 is 10.0 Å². The van der Waals surface area contributed by atoms with E-state index in [1.807, 2.05) is 33.8 Å². The summed E-state index contributed by atoms with van der Waals surface area (Å²) in [4.78, 5) is 25.6. The van der Waals surface area contributed by atoms with Crippen LogP contribution in [0.5, 0.6) is 0 Å². The lowest BCUT2D eigenvalue weighted by atomic mass is 9.76. The Morgan fingerprint density at radius 3 is 2.52 bits per heavy atom. The first-order valence-electron chi connectivity index (χ1n) is 7.28. The number of carbonyl (C=O) groups is 2. The maximum atomic E-state index is 12.4. The summed E-state index contributed by atoms with van der Waals surface area (Å²) in [6, 6.07) is 1.92. The van der Waals surface area contributed by atoms with Crippen LogP contribution in [0.1, 0.15) is 31.7 Å². The van der Waals surface area contributed by atoms with E-state index in [1.54, 1.807) is 9.58 Å². The highest BCUT2D eigenvalue weighted by Crippen LogP contribution is 2.38. The number of hydrogen-bond acceptors (Lipinski definition) is 3. The van der Waals surface area contributed by atoms with Crippen LogP contribution in [-0.2, 0) is 16.1 Å². The van der Waals surface area contributed by atoms with Crippen LogP contribution in [0.3, 0.4) is 0 Å². The van der Waals surface area contributed by atoms with Gasteiger partial charge in [0.15, 0.2) is 0 Å². The zero-order valence-corrected chi connectivity index (χ0v) is 13.1. The molecule has 6 heteroatoms. The summed E-state index contributed by atoms with van der Waals surface area (Å²) < 4.78 is 1.67. The third-order valence-electron chi connectivity index (χ3n) is 4.57. The first-order chi connectivity index (χ1) is 9.76. The fourth-order valence-corrected chi connectivity index (χ4v) is 3.00. The molecule has 1 amide bonds. The number of amides is 1. The lowest BCUT2D eigenvalue weighted by molar-refractivity contribution is -0.151. The largest absolute Gasteiger partial charge is 0.481 e. The Morgan fingerprint density at radius 1 is 1.43 bits per heavy atom. The Bertz CT molecular complexity index is 565. The first kappa shape index (κ1) is 15.5. The van der Waals surface area contributed by atoms with E-state index in [1.165, 1.54) is 0 Å². The van der Waals surface area contributed by atoms with Crippen molar-refractivity contribution in [2.75, 3.05) is 13.1 Å². The van der Waals surface area contributed by atoms with Crippen molar-refractivity contribution in [2.45, 2.75) is 40.7 Å². The topological polar surface area (TPSA) is 75.4 Å². The molecule has 6 nitrogen and oxygen atoms in total. The number of rotatable bonds is 4. The van der Waals surface area contributed by atoms with Crippen molar-refractivity contribution < 1.29 is 14.7 Å². The van der Waals surface area contributed by atoms with Crippen LogP contribution < -0.4 is 0 Å². The SMILES string of the molecule is Cc1cc(C)n(CC(=O)N2CCC(C(=O)O)(C(C)C)C2)n1. The van der Waals surface area contributed by atoms with Crippen molar-refractivity contribution in [3.8, 4) is 0 Å². The van der Waals surface area contributed by atoms with Crippen molar-refractivity contribution in [1.82, 2.24) is 14.7 Å². The monoisotopic (exact) mass is 293 g/mol. The van der Waals surface area contributed by atoms with Crippen molar-refractivity contribution in [2.24, 2.45) is 11.3 Å². The van der Waals surface area contributed by atoms with Crippen LogP contribution in [0.15, 0.2) is 6.07 Å². The van der Waals surface area contributed by atoms with Gasteiger partial charge in [-0.1, -0.05) is 13.8 Å². The molecule has 1 aliphatic heterocycles. The van der Waals surface area contributed by atoms with Crippen LogP contribution in [-0.4, -0.2) is 44.8 Å². The zero-order valence-electron chi connectivity index (χ0n) is 13.1. The molecule has 21 heavy (non-hydrogen) atoms. The van der Waals surface area contributed by atoms with E-state index in [9.17, 15) is 14.7 Å². The van der Waals surface area contributed by atoms with Gasteiger partial charge in [-0.25, -0.2) is 0 Å². The van der Waals surface area contributed by atoms with E-state index in [0.717, 1.165) is 11.4 Å². The minimum atomic E-state index is -0.815. The first-order valence-corrected chi connectivity index (χ1v) is 7.28. The van der Waals surface area contributed by atoms with E-state index in [0.29, 0.717) is 13.0 Å². The molecule has 2 heterocycles. The van der Waals surface area contributed by atoms with Crippen molar-refractivity contribution >= 4 is 11.9 Å². The smallest absolute Gasteiger partial charge is 0.311 e. The molecule has 0 radical (unpaired) electrons. The van der Waals surface area contributed by atoms with Gasteiger partial charge in [0, 0.05) is 18.8 Å². The Kier molecular flexibility index (Phi) is 4.07. The van der Waals surface area contributed by atoms with Gasteiger partial charge in [0.1, 0.15) is 6.54 Å². The van der Waals surface area contributed by atoms with Gasteiger partial charge in [-0.05, 0) is 32.3 Å². The predicted molar refractivity (Wildman–Crippen MR) is 77.8 cm³/mol. The van der Waals surface area contributed by atoms with E-state index < -0.39 is 11.4 Å². The van der Waals surface area contributed by atoms with Crippen LogP contribution in [0.4, 0.5) is 0 Å². The summed E-state index contributed by atoms with van der Waals surface area (Å²) in [5, 5.41) is 13.8. The van der Waals surface area contributed by atoms with Gasteiger partial charge in [-0.15, -0.1) is 0 Å². The number of likely N-dealkylation sites (tertiary alicyclic amines) is 1. The number of carboxylic acids is 1. The molecule has 1 aromatic heterocycles. The average Bonchev–Trinajstić information content (AvgIpc) is 2.94. The molecule has 1 aliphatic rings. The van der Waals surface area contributed by atoms with E-state index in [-0.39, 0.29) is 24.9 Å². The van der Waals surface area contributed by atoms with Crippen molar-refractivity contribution in [3.05, 3.63) is 17.5 Å². The highest BCUT2D eigenvalue weighted by molar-refractivity contribution is 5.80. The number of nitrogens with zero attached hydrogens (tertiary/aromatic N) is 3. The van der Waals surface area contributed by atoms with Crippen LogP contribution in [0.2, 0.25) is 0 Å². The van der Waals surface area contributed by atoms with Gasteiger partial charge in [0.2, 0.25) is 5.91 Å². The Hall–Kier alpha value is -1.85. The second-order valence-corrected chi connectivity index (χ2v) is 6.27. The number of aliphatic carboxylic acids is 1. The highest BCUT2D eigenvalue weighted by atomic mass is 16.4. The molecule has 1 N–H and O–H groups in total. The highest BCUT2D eigenvalue weighted by Gasteiger charge is 2.48. The minimum absolute atomic E-state index is 0.00137. The van der Waals surface area contributed by atoms with E-state index in [2.05, 4.69) is 5.10 Å². The van der Waals surface area contributed by atoms with Crippen molar-refractivity contribution in [3.63, 3.8) is 0 Å². The molecule has 0 aromatic carbocycles. The molecule has 0 saturated carbocycles. The Balaban J connectivity index is 2.09. The number of aromatic nitrogens is 2. The molecule has 1 atom stereocenters. The van der Waals surface area contributed by atoms with Gasteiger partial charge in [0.25, 0.3) is 0 Å². The maximum absolute atomic E-state index is 12.4. The van der Waals surface area contributed by atoms with Crippen LogP contribution >= 0.6 is 0 Å². The summed E-state index contributed by atoms with van der Waals surface area (Å²) in [5.41, 5.74) is 1.00. The molecule has 0 aliphatic carbocycles. The fourth-order valence-electron chi connectivity index (χ4n) is 3.00. The average molecular weight is 293 g/mol. The standard InChI is InChI=1S/C15H23N3O3/c1-10(2)15(14(20)21)5-6-17(9-15)13(19)8-18-12(4)7-11(3)16-18/h7,10H,5-6,8-9H2,1-4H3,(H,20,21). The summed E-state index contributed by atoms with van der Waals surface area (Å²) >= 11 is 0. The third kappa shape index (κ3) is 2.80. The predicted octanol–water partition coefficient (Wildman–Crippen LogP) is 1.46. The molecule has 0 spiro atoms. The lowest BCUT2D eigenvalue weighted by Crippen LogP contribution is -2.41. The quantitative estimate of drug-likeness (QED) is 0.912. The maximum Gasteiger partial charge on any atom is 0.311 e. The minimum Gasteiger partial charge on any atom is -0.481 e. The summed E-state index contributed by atoms with van der Waals surface area (Å²) in [5.74, 6) is -0.870. The zero-order chi connectivity index (χ0) is 15.8. The molecular formula is C15H23N3O3. The van der Waals surface area contributed by atoms with Gasteiger partial charge >= 0.3 is 5.97 Å². The van der Waals surface area contributed by atoms with Crippen LogP contribution in [0.25, 0.3) is 0 Å². The number of carboxylic acid groups (broad SMARTS) is 1. The van der Waals surface area contributed by atoms with Gasteiger partial charge in [-0.3, -0.25) is 14.3 Å². The third-order valence-corrected chi connectivity index (χ3v) is 4.57. The van der Waals surface area contributed by atoms with Gasteiger partial charge in [0.05, 0.1) is 11.1 Å². The molecular weight excluding hydrogens is 270 g/mol. The molecule has 1 fully saturated rings.